The van der Waals surface area contributed by atoms with Crippen LogP contribution >= 0.6 is 15.9 Å². The molecule has 0 saturated heterocycles. The average Bonchev–Trinajstić information content (AvgIpc) is 2.75. The summed E-state index contributed by atoms with van der Waals surface area (Å²) in [5, 5.41) is 12.6. The standard InChI is InChI=1S/C10H9BrN2O3/c1-6-2-8(16-12-6)5-13-4-7(10(14)15)3-9(13)11/h2-4H,5H2,1H3,(H,14,15). The van der Waals surface area contributed by atoms with Crippen LogP contribution < -0.4 is 0 Å². The van der Waals surface area contributed by atoms with Crippen molar-refractivity contribution in [3.63, 3.8) is 0 Å². The van der Waals surface area contributed by atoms with Crippen LogP contribution in [0.5, 0.6) is 0 Å². The Morgan fingerprint density at radius 1 is 1.62 bits per heavy atom. The van der Waals surface area contributed by atoms with E-state index in [0.717, 1.165) is 5.69 Å². The maximum absolute atomic E-state index is 10.8. The summed E-state index contributed by atoms with van der Waals surface area (Å²) < 4.78 is 7.49. The van der Waals surface area contributed by atoms with E-state index in [9.17, 15) is 4.79 Å². The lowest BCUT2D eigenvalue weighted by atomic mass is 10.3. The third kappa shape index (κ3) is 2.16. The number of carboxylic acid groups (broad SMARTS) is 1. The maximum atomic E-state index is 10.8. The largest absolute Gasteiger partial charge is 0.478 e. The third-order valence-electron chi connectivity index (χ3n) is 2.09. The highest BCUT2D eigenvalue weighted by molar-refractivity contribution is 9.10. The van der Waals surface area contributed by atoms with Crippen LogP contribution in [0.1, 0.15) is 21.8 Å². The van der Waals surface area contributed by atoms with Crippen LogP contribution in [0.2, 0.25) is 0 Å². The summed E-state index contributed by atoms with van der Waals surface area (Å²) in [6, 6.07) is 3.36. The Hall–Kier alpha value is -1.56. The van der Waals surface area contributed by atoms with E-state index >= 15 is 0 Å². The Balaban J connectivity index is 2.24. The smallest absolute Gasteiger partial charge is 0.337 e. The predicted octanol–water partition coefficient (Wildman–Crippen LogP) is 2.29. The van der Waals surface area contributed by atoms with E-state index < -0.39 is 5.97 Å². The molecule has 2 heterocycles. The number of nitrogens with zero attached hydrogens (tertiary/aromatic N) is 2. The van der Waals surface area contributed by atoms with Crippen molar-refractivity contribution in [2.75, 3.05) is 0 Å². The molecule has 0 amide bonds. The number of rotatable bonds is 3. The Labute approximate surface area is 99.8 Å². The van der Waals surface area contributed by atoms with Gasteiger partial charge in [0.1, 0.15) is 0 Å². The van der Waals surface area contributed by atoms with E-state index in [0.29, 0.717) is 16.9 Å². The van der Waals surface area contributed by atoms with Crippen molar-refractivity contribution in [3.8, 4) is 0 Å². The van der Waals surface area contributed by atoms with Crippen LogP contribution in [0, 0.1) is 6.92 Å². The molecule has 5 nitrogen and oxygen atoms in total. The highest BCUT2D eigenvalue weighted by atomic mass is 79.9. The fraction of sp³-hybridized carbons (Fsp3) is 0.200. The molecule has 0 aromatic carbocycles. The van der Waals surface area contributed by atoms with Crippen LogP contribution in [-0.2, 0) is 6.54 Å². The number of hydrogen-bond acceptors (Lipinski definition) is 3. The zero-order valence-corrected chi connectivity index (χ0v) is 10.1. The van der Waals surface area contributed by atoms with Gasteiger partial charge in [-0.25, -0.2) is 4.79 Å². The van der Waals surface area contributed by atoms with Gasteiger partial charge in [-0.05, 0) is 28.9 Å². The minimum absolute atomic E-state index is 0.239. The fourth-order valence-corrected chi connectivity index (χ4v) is 1.85. The van der Waals surface area contributed by atoms with Crippen molar-refractivity contribution < 1.29 is 14.4 Å². The monoisotopic (exact) mass is 284 g/mol. The van der Waals surface area contributed by atoms with Gasteiger partial charge in [0, 0.05) is 12.3 Å². The molecule has 1 N–H and O–H groups in total. The summed E-state index contributed by atoms with van der Waals surface area (Å²) in [6.45, 7) is 2.29. The molecule has 0 aliphatic heterocycles. The Morgan fingerprint density at radius 3 is 2.88 bits per heavy atom. The highest BCUT2D eigenvalue weighted by Crippen LogP contribution is 2.17. The number of carboxylic acids is 1. The molecule has 2 aromatic rings. The SMILES string of the molecule is Cc1cc(Cn2cc(C(=O)O)cc2Br)on1. The average molecular weight is 285 g/mol. The Kier molecular flexibility index (Phi) is 2.82. The number of aromatic carboxylic acids is 1. The second-order valence-corrected chi connectivity index (χ2v) is 4.23. The molecule has 84 valence electrons. The van der Waals surface area contributed by atoms with Gasteiger partial charge in [-0.1, -0.05) is 5.16 Å². The second kappa shape index (κ2) is 4.13. The molecule has 0 fully saturated rings. The zero-order chi connectivity index (χ0) is 11.7. The zero-order valence-electron chi connectivity index (χ0n) is 8.48. The van der Waals surface area contributed by atoms with Crippen LogP contribution in [0.4, 0.5) is 0 Å². The molecule has 16 heavy (non-hydrogen) atoms. The van der Waals surface area contributed by atoms with E-state index in [1.54, 1.807) is 16.8 Å². The van der Waals surface area contributed by atoms with E-state index in [4.69, 9.17) is 9.63 Å². The number of hydrogen-bond donors (Lipinski definition) is 1. The maximum Gasteiger partial charge on any atom is 0.337 e. The molecular weight excluding hydrogens is 276 g/mol. The summed E-state index contributed by atoms with van der Waals surface area (Å²) in [6.07, 6.45) is 1.55. The third-order valence-corrected chi connectivity index (χ3v) is 2.78. The summed E-state index contributed by atoms with van der Waals surface area (Å²) in [5.41, 5.74) is 1.04. The van der Waals surface area contributed by atoms with Crippen LogP contribution in [-0.4, -0.2) is 20.8 Å². The molecular formula is C10H9BrN2O3. The van der Waals surface area contributed by atoms with E-state index in [1.165, 1.54) is 0 Å². The van der Waals surface area contributed by atoms with Crippen LogP contribution in [0.3, 0.4) is 0 Å². The number of aryl methyl sites for hydroxylation is 1. The van der Waals surface area contributed by atoms with Gasteiger partial charge in [-0.3, -0.25) is 0 Å². The van der Waals surface area contributed by atoms with Crippen molar-refractivity contribution in [1.29, 1.82) is 0 Å². The van der Waals surface area contributed by atoms with Crippen molar-refractivity contribution in [2.45, 2.75) is 13.5 Å². The summed E-state index contributed by atoms with van der Waals surface area (Å²) in [7, 11) is 0. The molecule has 0 aliphatic rings. The second-order valence-electron chi connectivity index (χ2n) is 3.42. The van der Waals surface area contributed by atoms with Crippen LogP contribution in [0.25, 0.3) is 0 Å². The first kappa shape index (κ1) is 10.9. The van der Waals surface area contributed by atoms with E-state index in [-0.39, 0.29) is 5.56 Å². The number of carbonyl (C=O) groups is 1. The van der Waals surface area contributed by atoms with Gasteiger partial charge >= 0.3 is 5.97 Å². The summed E-state index contributed by atoms with van der Waals surface area (Å²) in [4.78, 5) is 10.8. The van der Waals surface area contributed by atoms with Crippen molar-refractivity contribution in [1.82, 2.24) is 9.72 Å². The lowest BCUT2D eigenvalue weighted by Gasteiger charge is -1.99. The van der Waals surface area contributed by atoms with Crippen molar-refractivity contribution in [2.24, 2.45) is 0 Å². The first-order valence-electron chi connectivity index (χ1n) is 4.57. The fourth-order valence-electron chi connectivity index (χ4n) is 1.37. The number of aromatic nitrogens is 2. The lowest BCUT2D eigenvalue weighted by Crippen LogP contribution is -1.98. The molecule has 6 heteroatoms. The van der Waals surface area contributed by atoms with Gasteiger partial charge in [0.05, 0.1) is 22.4 Å². The minimum atomic E-state index is -0.951. The van der Waals surface area contributed by atoms with Gasteiger partial charge < -0.3 is 14.2 Å². The van der Waals surface area contributed by atoms with Crippen LogP contribution in [0.15, 0.2) is 27.5 Å². The topological polar surface area (TPSA) is 68.3 Å². The molecule has 0 radical (unpaired) electrons. The Bertz CT molecular complexity index is 530. The van der Waals surface area contributed by atoms with Gasteiger partial charge in [-0.15, -0.1) is 0 Å². The first-order valence-corrected chi connectivity index (χ1v) is 5.36. The van der Waals surface area contributed by atoms with E-state index in [2.05, 4.69) is 21.1 Å². The normalized spacial score (nSPS) is 10.6. The van der Waals surface area contributed by atoms with E-state index in [1.807, 2.05) is 13.0 Å². The van der Waals surface area contributed by atoms with Gasteiger partial charge in [-0.2, -0.15) is 0 Å². The van der Waals surface area contributed by atoms with Gasteiger partial charge in [0.25, 0.3) is 0 Å². The van der Waals surface area contributed by atoms with Gasteiger partial charge in [0.15, 0.2) is 5.76 Å². The molecule has 0 bridgehead atoms. The van der Waals surface area contributed by atoms with Gasteiger partial charge in [0.2, 0.25) is 0 Å². The molecule has 0 unspecified atom stereocenters. The quantitative estimate of drug-likeness (QED) is 0.939. The molecule has 0 spiro atoms. The highest BCUT2D eigenvalue weighted by Gasteiger charge is 2.11. The summed E-state index contributed by atoms with van der Waals surface area (Å²) in [5.74, 6) is -0.265. The Morgan fingerprint density at radius 2 is 2.38 bits per heavy atom. The molecule has 0 atom stereocenters. The molecule has 0 saturated carbocycles. The van der Waals surface area contributed by atoms with Crippen molar-refractivity contribution >= 4 is 21.9 Å². The van der Waals surface area contributed by atoms with Crippen molar-refractivity contribution in [3.05, 3.63) is 40.0 Å². The molecule has 2 rings (SSSR count). The first-order chi connectivity index (χ1) is 7.56. The summed E-state index contributed by atoms with van der Waals surface area (Å²) >= 11 is 3.29. The molecule has 2 aromatic heterocycles. The minimum Gasteiger partial charge on any atom is -0.478 e. The predicted molar refractivity (Wildman–Crippen MR) is 59.4 cm³/mol. The number of halogens is 1. The molecule has 0 aliphatic carbocycles. The lowest BCUT2D eigenvalue weighted by molar-refractivity contribution is 0.0697.